The monoisotopic (exact) mass is 577 g/mol. The first-order valence-corrected chi connectivity index (χ1v) is 13.8. The summed E-state index contributed by atoms with van der Waals surface area (Å²) >= 11 is 12.6. The van der Waals surface area contributed by atoms with Gasteiger partial charge in [0.25, 0.3) is 0 Å². The number of benzene rings is 3. The molecule has 0 aliphatic carbocycles. The minimum absolute atomic E-state index is 0.000525. The van der Waals surface area contributed by atoms with Crippen LogP contribution >= 0.6 is 23.2 Å². The van der Waals surface area contributed by atoms with Gasteiger partial charge in [-0.05, 0) is 36.1 Å². The zero-order chi connectivity index (χ0) is 27.9. The Kier molecular flexibility index (Phi) is 8.94. The summed E-state index contributed by atoms with van der Waals surface area (Å²) in [5, 5.41) is 6.47. The number of nitrogens with one attached hydrogen (secondary N) is 2. The molecule has 0 unspecified atom stereocenters. The average Bonchev–Trinajstić information content (AvgIpc) is 3.56. The van der Waals surface area contributed by atoms with Gasteiger partial charge in [-0.3, -0.25) is 0 Å². The van der Waals surface area contributed by atoms with Crippen molar-refractivity contribution in [2.24, 2.45) is 0 Å². The second-order valence-electron chi connectivity index (χ2n) is 9.47. The average molecular weight is 578 g/mol. The molecule has 5 rings (SSSR count). The van der Waals surface area contributed by atoms with Gasteiger partial charge < -0.3 is 24.7 Å². The summed E-state index contributed by atoms with van der Waals surface area (Å²) in [6.07, 6.45) is 0.710. The van der Waals surface area contributed by atoms with Crippen LogP contribution in [0.2, 0.25) is 10.0 Å². The van der Waals surface area contributed by atoms with E-state index >= 15 is 0 Å². The summed E-state index contributed by atoms with van der Waals surface area (Å²) in [6, 6.07) is 24.7. The highest BCUT2D eigenvalue weighted by molar-refractivity contribution is 6.42. The fraction of sp³-hybridized carbons (Fsp3) is 0.226. The molecule has 0 atom stereocenters. The van der Waals surface area contributed by atoms with Crippen LogP contribution in [0.3, 0.4) is 0 Å². The molecule has 1 aliphatic rings. The molecule has 4 aromatic rings. The summed E-state index contributed by atoms with van der Waals surface area (Å²) in [6.45, 7) is 1.54. The van der Waals surface area contributed by atoms with E-state index in [9.17, 15) is 9.59 Å². The number of halogens is 2. The fourth-order valence-electron chi connectivity index (χ4n) is 4.93. The van der Waals surface area contributed by atoms with E-state index in [0.717, 1.165) is 58.6 Å². The first-order chi connectivity index (χ1) is 19.5. The second kappa shape index (κ2) is 12.9. The third-order valence-corrected chi connectivity index (χ3v) is 7.58. The number of carbonyl (C=O) groups excluding carboxylic acids is 2. The molecule has 9 heteroatoms. The lowest BCUT2D eigenvalue weighted by molar-refractivity contribution is 0.131. The largest absolute Gasteiger partial charge is 0.445 e. The quantitative estimate of drug-likeness (QED) is 0.219. The van der Waals surface area contributed by atoms with Gasteiger partial charge in [-0.2, -0.15) is 0 Å². The normalized spacial score (nSPS) is 12.1. The van der Waals surface area contributed by atoms with Crippen LogP contribution in [0.5, 0.6) is 0 Å². The number of rotatable bonds is 9. The Morgan fingerprint density at radius 2 is 1.32 bits per heavy atom. The lowest BCUT2D eigenvalue weighted by atomic mass is 10.0. The predicted octanol–water partition coefficient (Wildman–Crippen LogP) is 7.26. The summed E-state index contributed by atoms with van der Waals surface area (Å²) in [7, 11) is 0. The van der Waals surface area contributed by atoms with E-state index in [1.54, 1.807) is 12.1 Å². The van der Waals surface area contributed by atoms with Crippen molar-refractivity contribution < 1.29 is 19.1 Å². The molecule has 7 nitrogen and oxygen atoms in total. The molecule has 1 aromatic heterocycles. The Labute approximate surface area is 243 Å². The Hall–Kier alpha value is -3.94. The third-order valence-electron chi connectivity index (χ3n) is 6.84. The second-order valence-corrected chi connectivity index (χ2v) is 10.3. The Morgan fingerprint density at radius 1 is 0.750 bits per heavy atom. The minimum atomic E-state index is -0.539. The molecule has 206 valence electrons. The highest BCUT2D eigenvalue weighted by Gasteiger charge is 2.28. The van der Waals surface area contributed by atoms with Crippen molar-refractivity contribution in [1.29, 1.82) is 0 Å². The zero-order valence-electron chi connectivity index (χ0n) is 21.8. The molecule has 2 heterocycles. The van der Waals surface area contributed by atoms with Gasteiger partial charge in [0.2, 0.25) is 0 Å². The molecule has 2 amide bonds. The van der Waals surface area contributed by atoms with Crippen molar-refractivity contribution in [3.63, 3.8) is 0 Å². The maximum atomic E-state index is 12.6. The van der Waals surface area contributed by atoms with E-state index in [4.69, 9.17) is 32.7 Å². The number of ether oxygens (including phenoxy) is 2. The van der Waals surface area contributed by atoms with Crippen molar-refractivity contribution >= 4 is 35.4 Å². The topological polar surface area (TPSA) is 81.6 Å². The van der Waals surface area contributed by atoms with Crippen LogP contribution in [0.1, 0.15) is 34.4 Å². The molecular formula is C31H29Cl2N3O4. The molecule has 0 radical (unpaired) electrons. The van der Waals surface area contributed by atoms with Crippen molar-refractivity contribution in [2.45, 2.75) is 45.7 Å². The molecule has 0 saturated carbocycles. The highest BCUT2D eigenvalue weighted by Crippen LogP contribution is 2.39. The number of alkyl carbamates (subject to hydrolysis) is 2. The van der Waals surface area contributed by atoms with E-state index in [1.165, 1.54) is 0 Å². The number of hydrogen-bond donors (Lipinski definition) is 2. The third kappa shape index (κ3) is 6.61. The van der Waals surface area contributed by atoms with Crippen molar-refractivity contribution in [1.82, 2.24) is 15.2 Å². The fourth-order valence-corrected chi connectivity index (χ4v) is 5.23. The maximum Gasteiger partial charge on any atom is 0.407 e. The molecule has 2 N–H and O–H groups in total. The minimum Gasteiger partial charge on any atom is -0.445 e. The van der Waals surface area contributed by atoms with Gasteiger partial charge in [0.05, 0.1) is 15.7 Å². The van der Waals surface area contributed by atoms with Crippen molar-refractivity contribution in [3.05, 3.63) is 117 Å². The van der Waals surface area contributed by atoms with Gasteiger partial charge >= 0.3 is 12.2 Å². The van der Waals surface area contributed by atoms with E-state index in [1.807, 2.05) is 66.7 Å². The number of amides is 2. The number of nitrogens with zero attached hydrogens (tertiary/aromatic N) is 1. The molecule has 0 bridgehead atoms. The van der Waals surface area contributed by atoms with Gasteiger partial charge in [-0.1, -0.05) is 89.9 Å². The first-order valence-electron chi connectivity index (χ1n) is 13.1. The Balaban J connectivity index is 1.36. The maximum absolute atomic E-state index is 12.6. The Morgan fingerprint density at radius 3 is 1.90 bits per heavy atom. The van der Waals surface area contributed by atoms with Gasteiger partial charge in [-0.15, -0.1) is 0 Å². The molecular weight excluding hydrogens is 549 g/mol. The molecule has 0 saturated heterocycles. The van der Waals surface area contributed by atoms with E-state index in [2.05, 4.69) is 15.2 Å². The molecule has 1 aliphatic heterocycles. The Bertz CT molecular complexity index is 1490. The van der Waals surface area contributed by atoms with Crippen LogP contribution in [0, 0.1) is 0 Å². The molecule has 0 fully saturated rings. The summed E-state index contributed by atoms with van der Waals surface area (Å²) in [5.41, 5.74) is 6.34. The van der Waals surface area contributed by atoms with Crippen LogP contribution in [-0.4, -0.2) is 16.8 Å². The van der Waals surface area contributed by atoms with Crippen LogP contribution < -0.4 is 10.6 Å². The number of carbonyl (C=O) groups is 2. The van der Waals surface area contributed by atoms with Gasteiger partial charge in [0.1, 0.15) is 13.2 Å². The number of hydrogen-bond acceptors (Lipinski definition) is 4. The smallest absolute Gasteiger partial charge is 0.407 e. The van der Waals surface area contributed by atoms with Crippen LogP contribution in [-0.2, 0) is 48.7 Å². The van der Waals surface area contributed by atoms with Crippen LogP contribution in [0.15, 0.2) is 78.9 Å². The van der Waals surface area contributed by atoms with Crippen LogP contribution in [0.4, 0.5) is 9.59 Å². The lowest BCUT2D eigenvalue weighted by Gasteiger charge is -2.13. The lowest BCUT2D eigenvalue weighted by Crippen LogP contribution is -2.24. The summed E-state index contributed by atoms with van der Waals surface area (Å²) in [4.78, 5) is 25.2. The molecule has 3 aromatic carbocycles. The van der Waals surface area contributed by atoms with E-state index in [-0.39, 0.29) is 13.2 Å². The standard InChI is InChI=1S/C31H29Cl2N3O4/c32-26-14-13-23(16-27(26)33)29-25(20-40-31(38)35-18-22-10-5-2-6-11-22)24(28-12-7-15-36(28)29)19-39-30(37)34-17-21-8-3-1-4-9-21/h1-6,8-11,13-14,16H,7,12,15,17-20H2,(H,34,37)(H,35,38). The SMILES string of the molecule is O=C(NCc1ccccc1)OCc1c(COC(=O)NCc2ccccc2)c(-c2ccc(Cl)c(Cl)c2)n2c1CCC2. The molecule has 40 heavy (non-hydrogen) atoms. The van der Waals surface area contributed by atoms with E-state index in [0.29, 0.717) is 23.1 Å². The highest BCUT2D eigenvalue weighted by atomic mass is 35.5. The van der Waals surface area contributed by atoms with E-state index < -0.39 is 12.2 Å². The first kappa shape index (κ1) is 27.6. The van der Waals surface area contributed by atoms with Crippen molar-refractivity contribution in [3.8, 4) is 11.3 Å². The van der Waals surface area contributed by atoms with Gasteiger partial charge in [-0.25, -0.2) is 9.59 Å². The van der Waals surface area contributed by atoms with Crippen molar-refractivity contribution in [2.75, 3.05) is 0 Å². The number of fused-ring (bicyclic) bond motifs is 1. The van der Waals surface area contributed by atoms with Crippen LogP contribution in [0.25, 0.3) is 11.3 Å². The summed E-state index contributed by atoms with van der Waals surface area (Å²) < 4.78 is 13.5. The van der Waals surface area contributed by atoms with Gasteiger partial charge in [0.15, 0.2) is 0 Å². The van der Waals surface area contributed by atoms with Gasteiger partial charge in [0, 0.05) is 42.0 Å². The zero-order valence-corrected chi connectivity index (χ0v) is 23.3. The molecule has 0 spiro atoms. The number of aromatic nitrogens is 1. The summed E-state index contributed by atoms with van der Waals surface area (Å²) in [5.74, 6) is 0. The predicted molar refractivity (Wildman–Crippen MR) is 155 cm³/mol.